The molecule has 0 saturated carbocycles. The lowest BCUT2D eigenvalue weighted by Gasteiger charge is -2.07. The smallest absolute Gasteiger partial charge is 0.220 e. The number of primary amides is 1. The summed E-state index contributed by atoms with van der Waals surface area (Å²) >= 11 is 0. The second-order valence-corrected chi connectivity index (χ2v) is 3.40. The number of hydrogen-bond acceptors (Lipinski definition) is 3. The summed E-state index contributed by atoms with van der Waals surface area (Å²) in [7, 11) is 0. The van der Waals surface area contributed by atoms with Crippen LogP contribution in [0.2, 0.25) is 0 Å². The number of ether oxygens (including phenoxy) is 1. The molecule has 16 heavy (non-hydrogen) atoms. The summed E-state index contributed by atoms with van der Waals surface area (Å²) in [4.78, 5) is 14.8. The van der Waals surface area contributed by atoms with Crippen molar-refractivity contribution in [3.63, 3.8) is 0 Å². The number of carbonyl (C=O) groups is 1. The van der Waals surface area contributed by atoms with Crippen LogP contribution in [-0.2, 0) is 4.79 Å². The van der Waals surface area contributed by atoms with E-state index in [0.717, 1.165) is 10.9 Å². The van der Waals surface area contributed by atoms with Crippen molar-refractivity contribution in [1.82, 2.24) is 4.98 Å². The second-order valence-electron chi connectivity index (χ2n) is 3.40. The van der Waals surface area contributed by atoms with Crippen LogP contribution in [0.4, 0.5) is 0 Å². The van der Waals surface area contributed by atoms with E-state index in [1.54, 1.807) is 6.20 Å². The third-order valence-electron chi connectivity index (χ3n) is 2.20. The van der Waals surface area contributed by atoms with Gasteiger partial charge in [0.2, 0.25) is 5.91 Å². The number of amides is 1. The van der Waals surface area contributed by atoms with Gasteiger partial charge in [-0.3, -0.25) is 9.78 Å². The zero-order chi connectivity index (χ0) is 11.4. The first-order chi connectivity index (χ1) is 7.77. The number of aromatic nitrogens is 1. The minimum atomic E-state index is -0.367. The summed E-state index contributed by atoms with van der Waals surface area (Å²) in [5.41, 5.74) is 5.84. The molecule has 1 heterocycles. The second kappa shape index (κ2) is 4.61. The maximum atomic E-state index is 10.6. The van der Waals surface area contributed by atoms with E-state index in [1.165, 1.54) is 0 Å². The average molecular weight is 216 g/mol. The van der Waals surface area contributed by atoms with Gasteiger partial charge in [0, 0.05) is 11.6 Å². The highest BCUT2D eigenvalue weighted by molar-refractivity contribution is 5.84. The van der Waals surface area contributed by atoms with Crippen LogP contribution in [0.3, 0.4) is 0 Å². The Labute approximate surface area is 93.0 Å². The van der Waals surface area contributed by atoms with E-state index < -0.39 is 0 Å². The highest BCUT2D eigenvalue weighted by atomic mass is 16.5. The Kier molecular flexibility index (Phi) is 3.00. The van der Waals surface area contributed by atoms with Gasteiger partial charge in [0.05, 0.1) is 13.0 Å². The van der Waals surface area contributed by atoms with Crippen LogP contribution >= 0.6 is 0 Å². The SMILES string of the molecule is NC(=O)CCOc1cccc2cccnc12. The fourth-order valence-corrected chi connectivity index (χ4v) is 1.45. The van der Waals surface area contributed by atoms with E-state index in [-0.39, 0.29) is 18.9 Å². The normalized spacial score (nSPS) is 10.2. The third kappa shape index (κ3) is 2.28. The number of pyridine rings is 1. The fourth-order valence-electron chi connectivity index (χ4n) is 1.45. The van der Waals surface area contributed by atoms with Gasteiger partial charge in [-0.25, -0.2) is 0 Å². The third-order valence-corrected chi connectivity index (χ3v) is 2.20. The molecule has 1 aromatic carbocycles. The summed E-state index contributed by atoms with van der Waals surface area (Å²) in [5, 5.41) is 1.01. The summed E-state index contributed by atoms with van der Waals surface area (Å²) in [6.45, 7) is 0.283. The molecule has 0 spiro atoms. The van der Waals surface area contributed by atoms with Crippen molar-refractivity contribution in [2.45, 2.75) is 6.42 Å². The van der Waals surface area contributed by atoms with Crippen molar-refractivity contribution >= 4 is 16.8 Å². The van der Waals surface area contributed by atoms with Crippen molar-refractivity contribution < 1.29 is 9.53 Å². The molecule has 82 valence electrons. The minimum absolute atomic E-state index is 0.212. The molecule has 0 aliphatic carbocycles. The van der Waals surface area contributed by atoms with Crippen LogP contribution in [0.15, 0.2) is 36.5 Å². The molecule has 2 rings (SSSR count). The topological polar surface area (TPSA) is 65.2 Å². The number of nitrogens with two attached hydrogens (primary N) is 1. The molecule has 0 atom stereocenters. The lowest BCUT2D eigenvalue weighted by atomic mass is 10.2. The molecule has 0 bridgehead atoms. The first-order valence-electron chi connectivity index (χ1n) is 5.02. The Bertz CT molecular complexity index is 506. The molecule has 0 aliphatic heterocycles. The van der Waals surface area contributed by atoms with Gasteiger partial charge in [0.1, 0.15) is 11.3 Å². The standard InChI is InChI=1S/C12H12N2O2/c13-11(15)6-8-16-10-5-1-3-9-4-2-7-14-12(9)10/h1-5,7H,6,8H2,(H2,13,15). The van der Waals surface area contributed by atoms with Crippen molar-refractivity contribution in [3.05, 3.63) is 36.5 Å². The Morgan fingerprint density at radius 2 is 2.12 bits per heavy atom. The van der Waals surface area contributed by atoms with Gasteiger partial charge >= 0.3 is 0 Å². The molecule has 1 aromatic heterocycles. The lowest BCUT2D eigenvalue weighted by molar-refractivity contribution is -0.118. The van der Waals surface area contributed by atoms with Gasteiger partial charge in [0.25, 0.3) is 0 Å². The Balaban J connectivity index is 2.20. The predicted octanol–water partition coefficient (Wildman–Crippen LogP) is 1.49. The number of para-hydroxylation sites is 1. The average Bonchev–Trinajstić information content (AvgIpc) is 2.29. The monoisotopic (exact) mass is 216 g/mol. The molecule has 0 fully saturated rings. The zero-order valence-electron chi connectivity index (χ0n) is 8.72. The van der Waals surface area contributed by atoms with E-state index in [9.17, 15) is 4.79 Å². The predicted molar refractivity (Wildman–Crippen MR) is 61.0 cm³/mol. The van der Waals surface area contributed by atoms with Gasteiger partial charge in [-0.1, -0.05) is 18.2 Å². The van der Waals surface area contributed by atoms with Crippen LogP contribution in [0.5, 0.6) is 5.75 Å². The Hall–Kier alpha value is -2.10. The van der Waals surface area contributed by atoms with E-state index in [4.69, 9.17) is 10.5 Å². The van der Waals surface area contributed by atoms with Crippen molar-refractivity contribution in [2.24, 2.45) is 5.73 Å². The van der Waals surface area contributed by atoms with E-state index in [2.05, 4.69) is 4.98 Å². The van der Waals surface area contributed by atoms with Crippen LogP contribution in [0.1, 0.15) is 6.42 Å². The van der Waals surface area contributed by atoms with Crippen molar-refractivity contribution in [1.29, 1.82) is 0 Å². The number of carbonyl (C=O) groups excluding carboxylic acids is 1. The summed E-state index contributed by atoms with van der Waals surface area (Å²) < 4.78 is 5.47. The number of nitrogens with zero attached hydrogens (tertiary/aromatic N) is 1. The van der Waals surface area contributed by atoms with Gasteiger partial charge in [-0.15, -0.1) is 0 Å². The summed E-state index contributed by atoms with van der Waals surface area (Å²) in [6.07, 6.45) is 1.92. The molecule has 0 unspecified atom stereocenters. The highest BCUT2D eigenvalue weighted by Gasteiger charge is 2.02. The maximum Gasteiger partial charge on any atom is 0.220 e. The van der Waals surface area contributed by atoms with Crippen LogP contribution in [-0.4, -0.2) is 17.5 Å². The fraction of sp³-hybridized carbons (Fsp3) is 0.167. The molecule has 4 nitrogen and oxygen atoms in total. The lowest BCUT2D eigenvalue weighted by Crippen LogP contribution is -2.14. The maximum absolute atomic E-state index is 10.6. The largest absolute Gasteiger partial charge is 0.491 e. The van der Waals surface area contributed by atoms with E-state index >= 15 is 0 Å². The van der Waals surface area contributed by atoms with Gasteiger partial charge in [-0.2, -0.15) is 0 Å². The molecule has 2 aromatic rings. The molecule has 0 aliphatic rings. The Morgan fingerprint density at radius 1 is 1.31 bits per heavy atom. The molecule has 4 heteroatoms. The number of benzene rings is 1. The van der Waals surface area contributed by atoms with Gasteiger partial charge in [0.15, 0.2) is 0 Å². The highest BCUT2D eigenvalue weighted by Crippen LogP contribution is 2.22. The van der Waals surface area contributed by atoms with E-state index in [1.807, 2.05) is 30.3 Å². The number of hydrogen-bond donors (Lipinski definition) is 1. The number of fused-ring (bicyclic) bond motifs is 1. The van der Waals surface area contributed by atoms with Crippen molar-refractivity contribution in [2.75, 3.05) is 6.61 Å². The number of rotatable bonds is 4. The van der Waals surface area contributed by atoms with Crippen LogP contribution in [0, 0.1) is 0 Å². The zero-order valence-corrected chi connectivity index (χ0v) is 8.72. The first kappa shape index (κ1) is 10.4. The molecule has 0 radical (unpaired) electrons. The molecular formula is C12H12N2O2. The van der Waals surface area contributed by atoms with Gasteiger partial charge < -0.3 is 10.5 Å². The summed E-state index contributed by atoms with van der Waals surface area (Å²) in [6, 6.07) is 9.52. The van der Waals surface area contributed by atoms with E-state index in [0.29, 0.717) is 5.75 Å². The van der Waals surface area contributed by atoms with Crippen LogP contribution in [0.25, 0.3) is 10.9 Å². The Morgan fingerprint density at radius 3 is 2.94 bits per heavy atom. The molecule has 0 saturated heterocycles. The molecule has 1 amide bonds. The van der Waals surface area contributed by atoms with Crippen molar-refractivity contribution in [3.8, 4) is 5.75 Å². The van der Waals surface area contributed by atoms with Gasteiger partial charge in [-0.05, 0) is 12.1 Å². The molecular weight excluding hydrogens is 204 g/mol. The quantitative estimate of drug-likeness (QED) is 0.842. The van der Waals surface area contributed by atoms with Crippen LogP contribution < -0.4 is 10.5 Å². The minimum Gasteiger partial charge on any atom is -0.491 e. The first-order valence-corrected chi connectivity index (χ1v) is 5.02. The molecule has 2 N–H and O–H groups in total. The summed E-state index contributed by atoms with van der Waals surface area (Å²) in [5.74, 6) is 0.313.